The zero-order valence-corrected chi connectivity index (χ0v) is 9.04. The zero-order valence-electron chi connectivity index (χ0n) is 9.04. The van der Waals surface area contributed by atoms with Crippen molar-refractivity contribution in [2.45, 2.75) is 20.3 Å². The van der Waals surface area contributed by atoms with Crippen LogP contribution in [0.4, 0.5) is 0 Å². The van der Waals surface area contributed by atoms with E-state index in [0.717, 1.165) is 6.42 Å². The van der Waals surface area contributed by atoms with Gasteiger partial charge in [-0.25, -0.2) is 0 Å². The number of esters is 1. The molecule has 0 atom stereocenters. The minimum Gasteiger partial charge on any atom is -0.461 e. The highest BCUT2D eigenvalue weighted by Gasteiger charge is 2.17. The average molecular weight is 202 g/mol. The molecule has 0 saturated heterocycles. The molecule has 2 heteroatoms. The lowest BCUT2D eigenvalue weighted by Crippen LogP contribution is -2.03. The Labute approximate surface area is 89.6 Å². The molecule has 0 heterocycles. The van der Waals surface area contributed by atoms with Crippen molar-refractivity contribution in [1.29, 1.82) is 0 Å². The van der Waals surface area contributed by atoms with Gasteiger partial charge in [0.1, 0.15) is 6.61 Å². The van der Waals surface area contributed by atoms with Gasteiger partial charge in [-0.2, -0.15) is 0 Å². The lowest BCUT2D eigenvalue weighted by atomic mass is 10.1. The molecule has 2 nitrogen and oxygen atoms in total. The van der Waals surface area contributed by atoms with Crippen LogP contribution in [0.3, 0.4) is 0 Å². The Bertz CT molecular complexity index is 430. The molecule has 1 aromatic carbocycles. The van der Waals surface area contributed by atoms with E-state index >= 15 is 0 Å². The highest BCUT2D eigenvalue weighted by atomic mass is 16.5. The summed E-state index contributed by atoms with van der Waals surface area (Å²) in [5, 5.41) is 0. The van der Waals surface area contributed by atoms with Crippen LogP contribution < -0.4 is 0 Å². The quantitative estimate of drug-likeness (QED) is 0.689. The average Bonchev–Trinajstić information content (AvgIpc) is 2.54. The maximum atomic E-state index is 10.7. The Morgan fingerprint density at radius 2 is 2.13 bits per heavy atom. The fourth-order valence-electron chi connectivity index (χ4n) is 1.94. The summed E-state index contributed by atoms with van der Waals surface area (Å²) in [6.45, 7) is 3.96. The van der Waals surface area contributed by atoms with E-state index in [-0.39, 0.29) is 5.97 Å². The third-order valence-corrected chi connectivity index (χ3v) is 2.81. The Morgan fingerprint density at radius 1 is 1.40 bits per heavy atom. The molecule has 1 aliphatic carbocycles. The van der Waals surface area contributed by atoms with Crippen molar-refractivity contribution in [2.75, 3.05) is 6.61 Å². The second-order valence-electron chi connectivity index (χ2n) is 3.84. The molecule has 0 fully saturated rings. The summed E-state index contributed by atoms with van der Waals surface area (Å²) >= 11 is 0. The number of ether oxygens (including phenoxy) is 1. The zero-order chi connectivity index (χ0) is 10.8. The molecule has 2 rings (SSSR count). The predicted molar refractivity (Wildman–Crippen MR) is 59.4 cm³/mol. The molecule has 1 aliphatic rings. The van der Waals surface area contributed by atoms with Crippen molar-refractivity contribution in [3.05, 3.63) is 41.0 Å². The van der Waals surface area contributed by atoms with E-state index in [1.54, 1.807) is 0 Å². The summed E-state index contributed by atoms with van der Waals surface area (Å²) in [5.74, 6) is -0.216. The molecule has 15 heavy (non-hydrogen) atoms. The Balaban J connectivity index is 2.18. The molecular formula is C13H14O2. The van der Waals surface area contributed by atoms with E-state index in [0.29, 0.717) is 6.61 Å². The number of benzene rings is 1. The van der Waals surface area contributed by atoms with Crippen molar-refractivity contribution in [2.24, 2.45) is 0 Å². The van der Waals surface area contributed by atoms with Gasteiger partial charge in [0.05, 0.1) is 0 Å². The summed E-state index contributed by atoms with van der Waals surface area (Å²) in [4.78, 5) is 10.7. The van der Waals surface area contributed by atoms with Crippen molar-refractivity contribution < 1.29 is 9.53 Å². The number of rotatable bonds is 2. The van der Waals surface area contributed by atoms with Gasteiger partial charge in [0.15, 0.2) is 0 Å². The Morgan fingerprint density at radius 3 is 2.80 bits per heavy atom. The van der Waals surface area contributed by atoms with Crippen LogP contribution in [0.2, 0.25) is 0 Å². The van der Waals surface area contributed by atoms with Gasteiger partial charge < -0.3 is 4.74 Å². The van der Waals surface area contributed by atoms with Crippen LogP contribution in [0.25, 0.3) is 5.57 Å². The second kappa shape index (κ2) is 3.89. The molecule has 78 valence electrons. The monoisotopic (exact) mass is 202 g/mol. The molecule has 0 radical (unpaired) electrons. The van der Waals surface area contributed by atoms with E-state index in [1.807, 2.05) is 12.1 Å². The largest absolute Gasteiger partial charge is 0.461 e. The number of carbonyl (C=O) groups is 1. The van der Waals surface area contributed by atoms with Crippen LogP contribution in [0.1, 0.15) is 25.0 Å². The molecule has 0 spiro atoms. The van der Waals surface area contributed by atoms with E-state index in [2.05, 4.69) is 19.1 Å². The van der Waals surface area contributed by atoms with Crippen LogP contribution in [-0.4, -0.2) is 12.6 Å². The van der Waals surface area contributed by atoms with Gasteiger partial charge in [-0.3, -0.25) is 4.79 Å². The molecule has 0 amide bonds. The van der Waals surface area contributed by atoms with Gasteiger partial charge >= 0.3 is 5.97 Å². The van der Waals surface area contributed by atoms with Crippen LogP contribution >= 0.6 is 0 Å². The summed E-state index contributed by atoms with van der Waals surface area (Å²) in [6.07, 6.45) is 0.912. The lowest BCUT2D eigenvalue weighted by molar-refractivity contribution is -0.139. The van der Waals surface area contributed by atoms with Gasteiger partial charge in [0.2, 0.25) is 0 Å². The summed E-state index contributed by atoms with van der Waals surface area (Å²) < 4.78 is 5.03. The number of hydrogen-bond acceptors (Lipinski definition) is 2. The van der Waals surface area contributed by atoms with E-state index in [4.69, 9.17) is 4.74 Å². The fraction of sp³-hybridized carbons (Fsp3) is 0.308. The third-order valence-electron chi connectivity index (χ3n) is 2.81. The van der Waals surface area contributed by atoms with Crippen molar-refractivity contribution in [1.82, 2.24) is 0 Å². The van der Waals surface area contributed by atoms with Gasteiger partial charge in [-0.05, 0) is 35.6 Å². The van der Waals surface area contributed by atoms with Gasteiger partial charge in [0, 0.05) is 6.92 Å². The van der Waals surface area contributed by atoms with Crippen LogP contribution in [-0.2, 0) is 16.0 Å². The maximum absolute atomic E-state index is 10.7. The van der Waals surface area contributed by atoms with Gasteiger partial charge in [-0.1, -0.05) is 24.3 Å². The first kappa shape index (κ1) is 9.97. The van der Waals surface area contributed by atoms with Crippen LogP contribution in [0.5, 0.6) is 0 Å². The molecule has 0 aromatic heterocycles. The molecule has 1 aromatic rings. The first-order valence-electron chi connectivity index (χ1n) is 5.08. The predicted octanol–water partition coefficient (Wildman–Crippen LogP) is 2.58. The maximum Gasteiger partial charge on any atom is 0.302 e. The normalized spacial score (nSPS) is 14.0. The van der Waals surface area contributed by atoms with Crippen molar-refractivity contribution in [3.63, 3.8) is 0 Å². The number of hydrogen-bond donors (Lipinski definition) is 0. The molecule has 0 aliphatic heterocycles. The molecule has 0 unspecified atom stereocenters. The van der Waals surface area contributed by atoms with E-state index < -0.39 is 0 Å². The SMILES string of the molecule is CC(=O)OCC1=C(C)c2ccccc2C1. The highest BCUT2D eigenvalue weighted by Crippen LogP contribution is 2.32. The topological polar surface area (TPSA) is 26.3 Å². The molecule has 0 bridgehead atoms. The number of fused-ring (bicyclic) bond motifs is 1. The lowest BCUT2D eigenvalue weighted by Gasteiger charge is -2.03. The number of allylic oxidation sites excluding steroid dienone is 1. The first-order valence-corrected chi connectivity index (χ1v) is 5.08. The minimum atomic E-state index is -0.216. The summed E-state index contributed by atoms with van der Waals surface area (Å²) in [7, 11) is 0. The van der Waals surface area contributed by atoms with Crippen molar-refractivity contribution in [3.8, 4) is 0 Å². The van der Waals surface area contributed by atoms with Crippen LogP contribution in [0.15, 0.2) is 29.8 Å². The van der Waals surface area contributed by atoms with Gasteiger partial charge in [-0.15, -0.1) is 0 Å². The van der Waals surface area contributed by atoms with E-state index in [9.17, 15) is 4.79 Å². The molecule has 0 N–H and O–H groups in total. The summed E-state index contributed by atoms with van der Waals surface area (Å²) in [5.41, 5.74) is 5.09. The van der Waals surface area contributed by atoms with Gasteiger partial charge in [0.25, 0.3) is 0 Å². The molecular weight excluding hydrogens is 188 g/mol. The molecule has 0 saturated carbocycles. The first-order chi connectivity index (χ1) is 7.18. The Hall–Kier alpha value is -1.57. The highest BCUT2D eigenvalue weighted by molar-refractivity contribution is 5.75. The van der Waals surface area contributed by atoms with Crippen molar-refractivity contribution >= 4 is 11.5 Å². The fourth-order valence-corrected chi connectivity index (χ4v) is 1.94. The standard InChI is InChI=1S/C13H14O2/c1-9-12(8-15-10(2)14)7-11-5-3-4-6-13(9)11/h3-6H,7-8H2,1-2H3. The minimum absolute atomic E-state index is 0.216. The van der Waals surface area contributed by atoms with E-state index in [1.165, 1.54) is 29.2 Å². The smallest absolute Gasteiger partial charge is 0.302 e. The van der Waals surface area contributed by atoms with Crippen LogP contribution in [0, 0.1) is 0 Å². The number of carbonyl (C=O) groups excluding carboxylic acids is 1. The summed E-state index contributed by atoms with van der Waals surface area (Å²) in [6, 6.07) is 8.32. The third kappa shape index (κ3) is 1.94. The second-order valence-corrected chi connectivity index (χ2v) is 3.84. The Kier molecular flexibility index (Phi) is 2.58.